The number of hydrogen-bond donors (Lipinski definition) is 1. The lowest BCUT2D eigenvalue weighted by atomic mass is 9.97. The number of carbonyl (C=O) groups is 2. The Bertz CT molecular complexity index is 851. The third kappa shape index (κ3) is 4.13. The van der Waals surface area contributed by atoms with Gasteiger partial charge < -0.3 is 20.1 Å². The molecule has 1 aromatic rings. The summed E-state index contributed by atoms with van der Waals surface area (Å²) in [5.41, 5.74) is 5.62. The number of amides is 2. The summed E-state index contributed by atoms with van der Waals surface area (Å²) in [4.78, 5) is 25.9. The summed E-state index contributed by atoms with van der Waals surface area (Å²) in [5.74, 6) is -0.959. The van der Waals surface area contributed by atoms with E-state index >= 15 is 0 Å². The minimum absolute atomic E-state index is 0.0498. The Morgan fingerprint density at radius 1 is 1.21 bits per heavy atom. The second-order valence-electron chi connectivity index (χ2n) is 6.87. The van der Waals surface area contributed by atoms with Crippen molar-refractivity contribution in [2.75, 3.05) is 46.5 Å². The summed E-state index contributed by atoms with van der Waals surface area (Å²) in [6, 6.07) is 4.36. The number of carbonyl (C=O) groups excluding carboxylic acids is 2. The quantitative estimate of drug-likeness (QED) is 0.731. The van der Waals surface area contributed by atoms with Gasteiger partial charge in [-0.2, -0.15) is 4.31 Å². The second-order valence-corrected chi connectivity index (χ2v) is 8.78. The van der Waals surface area contributed by atoms with Crippen LogP contribution in [0.2, 0.25) is 0 Å². The molecule has 0 spiro atoms. The Hall–Kier alpha value is -2.17. The molecule has 0 radical (unpaired) electrons. The first-order valence-corrected chi connectivity index (χ1v) is 10.6. The van der Waals surface area contributed by atoms with Crippen molar-refractivity contribution in [3.8, 4) is 5.75 Å². The first kappa shape index (κ1) is 20.6. The van der Waals surface area contributed by atoms with Crippen LogP contribution in [0.3, 0.4) is 0 Å². The lowest BCUT2D eigenvalue weighted by Gasteiger charge is -2.31. The average molecular weight is 411 g/mol. The van der Waals surface area contributed by atoms with Crippen LogP contribution >= 0.6 is 0 Å². The number of rotatable bonds is 5. The molecular weight excluding hydrogens is 386 g/mol. The van der Waals surface area contributed by atoms with Crippen molar-refractivity contribution in [3.05, 3.63) is 23.8 Å². The Morgan fingerprint density at radius 2 is 1.93 bits per heavy atom. The molecule has 28 heavy (non-hydrogen) atoms. The molecule has 2 aliphatic heterocycles. The van der Waals surface area contributed by atoms with E-state index in [0.29, 0.717) is 32.6 Å². The number of ether oxygens (including phenoxy) is 2. The fourth-order valence-corrected chi connectivity index (χ4v) is 5.10. The molecular formula is C18H25N3O6S. The third-order valence-corrected chi connectivity index (χ3v) is 7.03. The highest BCUT2D eigenvalue weighted by molar-refractivity contribution is 7.89. The number of methoxy groups -OCH3 is 1. The predicted octanol–water partition coefficient (Wildman–Crippen LogP) is 0.0536. The predicted molar refractivity (Wildman–Crippen MR) is 100 cm³/mol. The molecule has 2 N–H and O–H groups in total. The second kappa shape index (κ2) is 8.46. The van der Waals surface area contributed by atoms with Crippen molar-refractivity contribution >= 4 is 21.8 Å². The number of primary amides is 1. The van der Waals surface area contributed by atoms with Gasteiger partial charge in [0.05, 0.1) is 26.2 Å². The molecule has 2 amide bonds. The van der Waals surface area contributed by atoms with Gasteiger partial charge in [-0.1, -0.05) is 0 Å². The minimum atomic E-state index is -3.83. The molecule has 2 saturated heterocycles. The van der Waals surface area contributed by atoms with Crippen molar-refractivity contribution < 1.29 is 27.5 Å². The summed E-state index contributed by atoms with van der Waals surface area (Å²) in [5, 5.41) is 0. The largest absolute Gasteiger partial charge is 0.495 e. The minimum Gasteiger partial charge on any atom is -0.495 e. The van der Waals surface area contributed by atoms with Gasteiger partial charge in [0.25, 0.3) is 5.91 Å². The van der Waals surface area contributed by atoms with Gasteiger partial charge in [0, 0.05) is 31.7 Å². The molecule has 2 fully saturated rings. The van der Waals surface area contributed by atoms with E-state index in [4.69, 9.17) is 15.2 Å². The van der Waals surface area contributed by atoms with E-state index in [9.17, 15) is 18.0 Å². The van der Waals surface area contributed by atoms with Gasteiger partial charge in [0.15, 0.2) is 0 Å². The highest BCUT2D eigenvalue weighted by Gasteiger charge is 2.32. The smallest absolute Gasteiger partial charge is 0.253 e. The lowest BCUT2D eigenvalue weighted by molar-refractivity contribution is -0.123. The van der Waals surface area contributed by atoms with E-state index in [1.54, 1.807) is 4.90 Å². The van der Waals surface area contributed by atoms with Crippen LogP contribution in [-0.2, 0) is 19.6 Å². The summed E-state index contributed by atoms with van der Waals surface area (Å²) in [6.45, 7) is 1.88. The highest BCUT2D eigenvalue weighted by atomic mass is 32.2. The molecule has 0 unspecified atom stereocenters. The summed E-state index contributed by atoms with van der Waals surface area (Å²) >= 11 is 0. The van der Waals surface area contributed by atoms with Gasteiger partial charge in [-0.3, -0.25) is 9.59 Å². The monoisotopic (exact) mass is 411 g/mol. The maximum Gasteiger partial charge on any atom is 0.253 e. The van der Waals surface area contributed by atoms with Crippen molar-refractivity contribution in [1.82, 2.24) is 9.21 Å². The van der Waals surface area contributed by atoms with E-state index in [2.05, 4.69) is 0 Å². The molecule has 2 aliphatic rings. The maximum absolute atomic E-state index is 13.1. The van der Waals surface area contributed by atoms with Gasteiger partial charge >= 0.3 is 0 Å². The number of nitrogens with two attached hydrogens (primary N) is 1. The third-order valence-electron chi connectivity index (χ3n) is 5.11. The average Bonchev–Trinajstić information content (AvgIpc) is 2.73. The number of hydrogen-bond acceptors (Lipinski definition) is 6. The van der Waals surface area contributed by atoms with Crippen LogP contribution in [0.1, 0.15) is 23.2 Å². The van der Waals surface area contributed by atoms with Crippen LogP contribution in [-0.4, -0.2) is 75.9 Å². The normalized spacial score (nSPS) is 21.3. The molecule has 0 bridgehead atoms. The van der Waals surface area contributed by atoms with Crippen LogP contribution in [0.4, 0.5) is 0 Å². The molecule has 0 aromatic heterocycles. The van der Waals surface area contributed by atoms with Gasteiger partial charge in [0.1, 0.15) is 10.6 Å². The summed E-state index contributed by atoms with van der Waals surface area (Å²) in [7, 11) is -2.45. The fraction of sp³-hybridized carbons (Fsp3) is 0.556. The number of benzene rings is 1. The van der Waals surface area contributed by atoms with Crippen molar-refractivity contribution in [2.24, 2.45) is 11.7 Å². The van der Waals surface area contributed by atoms with Crippen molar-refractivity contribution in [2.45, 2.75) is 17.7 Å². The standard InChI is InChI=1S/C18H25N3O6S/c1-26-15-5-4-13(18(23)20-6-2-3-14(12-20)17(19)22)11-16(15)28(24,25)21-7-9-27-10-8-21/h4-5,11,14H,2-3,6-10,12H2,1H3,(H2,19,22)/t14-/m0/s1. The SMILES string of the molecule is COc1ccc(C(=O)N2CCC[C@H](C(N)=O)C2)cc1S(=O)(=O)N1CCOCC1. The number of morpholine rings is 1. The molecule has 0 aliphatic carbocycles. The van der Waals surface area contributed by atoms with Crippen molar-refractivity contribution in [3.63, 3.8) is 0 Å². The molecule has 154 valence electrons. The zero-order chi connectivity index (χ0) is 20.3. The van der Waals surface area contributed by atoms with E-state index in [1.807, 2.05) is 0 Å². The van der Waals surface area contributed by atoms with E-state index in [-0.39, 0.29) is 47.7 Å². The maximum atomic E-state index is 13.1. The number of sulfonamides is 1. The Balaban J connectivity index is 1.90. The number of likely N-dealkylation sites (tertiary alicyclic amines) is 1. The van der Waals surface area contributed by atoms with Crippen LogP contribution in [0.5, 0.6) is 5.75 Å². The Labute approximate surface area is 164 Å². The Morgan fingerprint density at radius 3 is 2.57 bits per heavy atom. The molecule has 0 saturated carbocycles. The molecule has 10 heteroatoms. The van der Waals surface area contributed by atoms with E-state index < -0.39 is 15.9 Å². The number of nitrogens with zero attached hydrogens (tertiary/aromatic N) is 2. The molecule has 3 rings (SSSR count). The van der Waals surface area contributed by atoms with Gasteiger partial charge in [-0.15, -0.1) is 0 Å². The zero-order valence-electron chi connectivity index (χ0n) is 15.8. The highest BCUT2D eigenvalue weighted by Crippen LogP contribution is 2.29. The summed E-state index contributed by atoms with van der Waals surface area (Å²) in [6.07, 6.45) is 1.33. The number of piperidine rings is 1. The van der Waals surface area contributed by atoms with Gasteiger partial charge in [0.2, 0.25) is 15.9 Å². The van der Waals surface area contributed by atoms with Crippen LogP contribution in [0.15, 0.2) is 23.1 Å². The first-order chi connectivity index (χ1) is 13.3. The molecule has 2 heterocycles. The van der Waals surface area contributed by atoms with Crippen molar-refractivity contribution in [1.29, 1.82) is 0 Å². The fourth-order valence-electron chi connectivity index (χ4n) is 3.51. The van der Waals surface area contributed by atoms with Crippen LogP contribution < -0.4 is 10.5 Å². The van der Waals surface area contributed by atoms with E-state index in [0.717, 1.165) is 0 Å². The van der Waals surface area contributed by atoms with E-state index in [1.165, 1.54) is 29.6 Å². The van der Waals surface area contributed by atoms with Crippen LogP contribution in [0.25, 0.3) is 0 Å². The van der Waals surface area contributed by atoms with Crippen LogP contribution in [0, 0.1) is 5.92 Å². The zero-order valence-corrected chi connectivity index (χ0v) is 16.6. The molecule has 9 nitrogen and oxygen atoms in total. The Kier molecular flexibility index (Phi) is 6.21. The summed E-state index contributed by atoms with van der Waals surface area (Å²) < 4.78 is 37.9. The lowest BCUT2D eigenvalue weighted by Crippen LogP contribution is -2.44. The first-order valence-electron chi connectivity index (χ1n) is 9.19. The van der Waals surface area contributed by atoms with Gasteiger partial charge in [-0.05, 0) is 31.0 Å². The molecule has 1 atom stereocenters. The topological polar surface area (TPSA) is 119 Å². The molecule has 1 aromatic carbocycles. The van der Waals surface area contributed by atoms with Gasteiger partial charge in [-0.25, -0.2) is 8.42 Å².